The highest BCUT2D eigenvalue weighted by atomic mass is 127. The van der Waals surface area contributed by atoms with Gasteiger partial charge in [0, 0.05) is 12.3 Å². The van der Waals surface area contributed by atoms with Crippen molar-refractivity contribution < 1.29 is 17.9 Å². The predicted octanol–water partition coefficient (Wildman–Crippen LogP) is 3.84. The molecule has 0 bridgehead atoms. The molecule has 10 heteroatoms. The summed E-state index contributed by atoms with van der Waals surface area (Å²) < 4.78 is 37.8. The van der Waals surface area contributed by atoms with Gasteiger partial charge in [0.2, 0.25) is 10.0 Å². The molecule has 31 heavy (non-hydrogen) atoms. The van der Waals surface area contributed by atoms with Gasteiger partial charge >= 0.3 is 0 Å². The number of hydrogen-bond donors (Lipinski definition) is 1. The molecule has 0 atom stereocenters. The minimum absolute atomic E-state index is 0.0712. The van der Waals surface area contributed by atoms with Crippen LogP contribution in [0.1, 0.15) is 11.1 Å². The van der Waals surface area contributed by atoms with Crippen molar-refractivity contribution in [3.8, 4) is 17.2 Å². The number of ether oxygens (including phenoxy) is 2. The van der Waals surface area contributed by atoms with Crippen molar-refractivity contribution in [2.75, 3.05) is 7.11 Å². The highest BCUT2D eigenvalue weighted by molar-refractivity contribution is 14.1. The van der Waals surface area contributed by atoms with Crippen LogP contribution in [0.3, 0.4) is 0 Å². The Kier molecular flexibility index (Phi) is 5.86. The van der Waals surface area contributed by atoms with Crippen molar-refractivity contribution in [2.24, 2.45) is 5.14 Å². The molecule has 0 saturated carbocycles. The Morgan fingerprint density at radius 2 is 1.84 bits per heavy atom. The molecule has 2 heterocycles. The van der Waals surface area contributed by atoms with Crippen molar-refractivity contribution >= 4 is 43.6 Å². The first kappa shape index (κ1) is 21.5. The molecule has 2 N–H and O–H groups in total. The Labute approximate surface area is 193 Å². The van der Waals surface area contributed by atoms with Crippen molar-refractivity contribution in [2.45, 2.75) is 18.4 Å². The van der Waals surface area contributed by atoms with Crippen molar-refractivity contribution in [3.63, 3.8) is 0 Å². The second kappa shape index (κ2) is 8.44. The van der Waals surface area contributed by atoms with Gasteiger partial charge in [-0.2, -0.15) is 5.10 Å². The first-order chi connectivity index (χ1) is 14.8. The van der Waals surface area contributed by atoms with E-state index in [1.165, 1.54) is 6.07 Å². The van der Waals surface area contributed by atoms with Crippen molar-refractivity contribution in [3.05, 3.63) is 69.6 Å². The molecule has 8 nitrogen and oxygen atoms in total. The van der Waals surface area contributed by atoms with E-state index in [2.05, 4.69) is 32.7 Å². The molecule has 160 valence electrons. The number of methoxy groups -OCH3 is 1. The SMILES string of the molecule is COc1ccc(Cn2nc(I)c3c(Oc4ccc(C)cc4S(N)(=O)=O)ccnc32)cc1. The van der Waals surface area contributed by atoms with Crippen molar-refractivity contribution in [1.29, 1.82) is 0 Å². The fourth-order valence-corrected chi connectivity index (χ4v) is 4.67. The lowest BCUT2D eigenvalue weighted by atomic mass is 10.2. The molecule has 0 radical (unpaired) electrons. The van der Waals surface area contributed by atoms with Gasteiger partial charge in [0.05, 0.1) is 19.0 Å². The van der Waals surface area contributed by atoms with Crippen LogP contribution in [-0.4, -0.2) is 30.3 Å². The number of rotatable bonds is 6. The lowest BCUT2D eigenvalue weighted by Gasteiger charge is -2.11. The molecule has 4 rings (SSSR count). The molecule has 0 aliphatic heterocycles. The topological polar surface area (TPSA) is 109 Å². The molecule has 0 saturated heterocycles. The monoisotopic (exact) mass is 550 g/mol. The van der Waals surface area contributed by atoms with Gasteiger partial charge in [-0.3, -0.25) is 0 Å². The number of sulfonamides is 1. The van der Waals surface area contributed by atoms with Gasteiger partial charge in [-0.1, -0.05) is 18.2 Å². The lowest BCUT2D eigenvalue weighted by Crippen LogP contribution is -2.13. The van der Waals surface area contributed by atoms with E-state index in [0.717, 1.165) is 16.9 Å². The number of aromatic nitrogens is 3. The Morgan fingerprint density at radius 1 is 1.10 bits per heavy atom. The minimum Gasteiger partial charge on any atom is -0.497 e. The average Bonchev–Trinajstić information content (AvgIpc) is 3.05. The van der Waals surface area contributed by atoms with Gasteiger partial charge in [-0.05, 0) is 64.9 Å². The van der Waals surface area contributed by atoms with Crippen LogP contribution >= 0.6 is 22.6 Å². The van der Waals surface area contributed by atoms with Gasteiger partial charge in [0.1, 0.15) is 25.8 Å². The van der Waals surface area contributed by atoms with Crippen LogP contribution in [0.15, 0.2) is 59.6 Å². The van der Waals surface area contributed by atoms with Gasteiger partial charge in [0.15, 0.2) is 5.65 Å². The number of nitrogens with zero attached hydrogens (tertiary/aromatic N) is 3. The van der Waals surface area contributed by atoms with Crippen LogP contribution in [0.2, 0.25) is 0 Å². The molecule has 0 spiro atoms. The molecule has 2 aromatic heterocycles. The number of nitrogens with two attached hydrogens (primary N) is 1. The van der Waals surface area contributed by atoms with Gasteiger partial charge in [-0.25, -0.2) is 23.2 Å². The highest BCUT2D eigenvalue weighted by Crippen LogP contribution is 2.35. The van der Waals surface area contributed by atoms with Crippen LogP contribution in [0.25, 0.3) is 11.0 Å². The third kappa shape index (κ3) is 4.50. The predicted molar refractivity (Wildman–Crippen MR) is 125 cm³/mol. The smallest absolute Gasteiger partial charge is 0.241 e. The summed E-state index contributed by atoms with van der Waals surface area (Å²) in [6, 6.07) is 14.2. The molecule has 0 aliphatic carbocycles. The maximum absolute atomic E-state index is 12.0. The van der Waals surface area contributed by atoms with Gasteiger partial charge < -0.3 is 9.47 Å². The second-order valence-corrected chi connectivity index (χ2v) is 9.45. The summed E-state index contributed by atoms with van der Waals surface area (Å²) in [7, 11) is -2.33. The summed E-state index contributed by atoms with van der Waals surface area (Å²) in [6.07, 6.45) is 1.60. The van der Waals surface area contributed by atoms with Crippen LogP contribution in [0.5, 0.6) is 17.2 Å². The third-order valence-corrected chi connectivity index (χ3v) is 6.36. The number of benzene rings is 2. The van der Waals surface area contributed by atoms with E-state index < -0.39 is 10.0 Å². The van der Waals surface area contributed by atoms with Crippen LogP contribution in [0, 0.1) is 10.6 Å². The number of primary sulfonamides is 1. The normalized spacial score (nSPS) is 11.6. The fourth-order valence-electron chi connectivity index (χ4n) is 3.17. The number of pyridine rings is 1. The van der Waals surface area contributed by atoms with Crippen molar-refractivity contribution in [1.82, 2.24) is 14.8 Å². The molecule has 0 amide bonds. The Hall–Kier alpha value is -2.70. The Balaban J connectivity index is 1.74. The van der Waals surface area contributed by atoms with E-state index in [4.69, 9.17) is 14.6 Å². The largest absolute Gasteiger partial charge is 0.497 e. The number of aryl methyl sites for hydroxylation is 1. The Bertz CT molecular complexity index is 1370. The van der Waals surface area contributed by atoms with E-state index >= 15 is 0 Å². The van der Waals surface area contributed by atoms with E-state index in [1.807, 2.05) is 24.3 Å². The first-order valence-electron chi connectivity index (χ1n) is 9.21. The second-order valence-electron chi connectivity index (χ2n) is 6.90. The fraction of sp³-hybridized carbons (Fsp3) is 0.143. The molecule has 0 unspecified atom stereocenters. The summed E-state index contributed by atoms with van der Waals surface area (Å²) in [5, 5.41) is 10.7. The molecule has 2 aromatic carbocycles. The standard InChI is InChI=1S/C21H19IN4O4S/c1-13-3-8-16(18(11-13)31(23,27)28)30-17-9-10-24-21-19(17)20(22)25-26(21)12-14-4-6-15(29-2)7-5-14/h3-11H,12H2,1-2H3,(H2,23,27,28). The third-order valence-electron chi connectivity index (χ3n) is 4.67. The zero-order valence-corrected chi connectivity index (χ0v) is 19.7. The Morgan fingerprint density at radius 3 is 2.52 bits per heavy atom. The zero-order valence-electron chi connectivity index (χ0n) is 16.7. The zero-order chi connectivity index (χ0) is 22.2. The van der Waals surface area contributed by atoms with Gasteiger partial charge in [-0.15, -0.1) is 0 Å². The summed E-state index contributed by atoms with van der Waals surface area (Å²) in [5.41, 5.74) is 2.42. The lowest BCUT2D eigenvalue weighted by molar-refractivity contribution is 0.414. The molecular weight excluding hydrogens is 531 g/mol. The van der Waals surface area contributed by atoms with E-state index in [9.17, 15) is 8.42 Å². The van der Waals surface area contributed by atoms with Crippen LogP contribution < -0.4 is 14.6 Å². The number of fused-ring (bicyclic) bond motifs is 1. The summed E-state index contributed by atoms with van der Waals surface area (Å²) in [6.45, 7) is 2.29. The van der Waals surface area contributed by atoms with Crippen LogP contribution in [0.4, 0.5) is 0 Å². The highest BCUT2D eigenvalue weighted by Gasteiger charge is 2.20. The quantitative estimate of drug-likeness (QED) is 0.366. The van der Waals surface area contributed by atoms with E-state index in [0.29, 0.717) is 27.0 Å². The van der Waals surface area contributed by atoms with Gasteiger partial charge in [0.25, 0.3) is 0 Å². The average molecular weight is 550 g/mol. The van der Waals surface area contributed by atoms with E-state index in [1.54, 1.807) is 43.1 Å². The number of hydrogen-bond acceptors (Lipinski definition) is 6. The summed E-state index contributed by atoms with van der Waals surface area (Å²) in [4.78, 5) is 4.40. The summed E-state index contributed by atoms with van der Waals surface area (Å²) in [5.74, 6) is 1.38. The molecular formula is C21H19IN4O4S. The number of halogens is 1. The summed E-state index contributed by atoms with van der Waals surface area (Å²) >= 11 is 2.12. The maximum atomic E-state index is 12.0. The first-order valence-corrected chi connectivity index (χ1v) is 11.8. The molecule has 0 aliphatic rings. The molecule has 4 aromatic rings. The van der Waals surface area contributed by atoms with E-state index in [-0.39, 0.29) is 10.6 Å². The van der Waals surface area contributed by atoms with Crippen LogP contribution in [-0.2, 0) is 16.6 Å². The molecule has 0 fully saturated rings. The minimum atomic E-state index is -3.95. The maximum Gasteiger partial charge on any atom is 0.241 e.